The number of carboxylic acids is 1. The maximum absolute atomic E-state index is 12.3. The van der Waals surface area contributed by atoms with Crippen molar-refractivity contribution >= 4 is 27.6 Å². The van der Waals surface area contributed by atoms with Gasteiger partial charge in [0.1, 0.15) is 12.6 Å². The van der Waals surface area contributed by atoms with Gasteiger partial charge >= 0.3 is 5.97 Å². The van der Waals surface area contributed by atoms with Crippen molar-refractivity contribution in [3.05, 3.63) is 41.4 Å². The second-order valence-electron chi connectivity index (χ2n) is 3.73. The van der Waals surface area contributed by atoms with Gasteiger partial charge in [-0.05, 0) is 18.2 Å². The van der Waals surface area contributed by atoms with E-state index in [-0.39, 0.29) is 22.0 Å². The zero-order valence-electron chi connectivity index (χ0n) is 10.3. The number of nitriles is 1. The highest BCUT2D eigenvalue weighted by Crippen LogP contribution is 2.22. The summed E-state index contributed by atoms with van der Waals surface area (Å²) in [6.45, 7) is 2.54. The Hall–Kier alpha value is -1.88. The summed E-state index contributed by atoms with van der Waals surface area (Å²) < 4.78 is 25.3. The molecule has 106 valence electrons. The minimum atomic E-state index is -4.04. The topological polar surface area (TPSA) is 98.5 Å². The molecule has 0 heterocycles. The second-order valence-corrected chi connectivity index (χ2v) is 6.08. The molecule has 0 bridgehead atoms. The van der Waals surface area contributed by atoms with E-state index in [9.17, 15) is 13.2 Å². The summed E-state index contributed by atoms with van der Waals surface area (Å²) in [6, 6.07) is 5.37. The predicted octanol–water partition coefficient (Wildman–Crippen LogP) is 1.47. The minimum absolute atomic E-state index is 0.00150. The number of rotatable bonds is 6. The lowest BCUT2D eigenvalue weighted by atomic mass is 10.2. The standard InChI is InChI=1S/C12H11ClN2O4S/c1-2-5-15(8-12(16)17)20(18,19)10-3-4-11(13)9(6-10)7-14/h2-4,6H,1,5,8H2,(H,16,17). The van der Waals surface area contributed by atoms with Crippen LogP contribution in [-0.4, -0.2) is 36.9 Å². The monoisotopic (exact) mass is 314 g/mol. The molecule has 1 N–H and O–H groups in total. The Labute approximate surface area is 121 Å². The summed E-state index contributed by atoms with van der Waals surface area (Å²) in [4.78, 5) is 10.5. The van der Waals surface area contributed by atoms with E-state index in [1.165, 1.54) is 18.2 Å². The molecule has 1 aromatic carbocycles. The van der Waals surface area contributed by atoms with Crippen LogP contribution in [0.25, 0.3) is 0 Å². The Morgan fingerprint density at radius 2 is 2.20 bits per heavy atom. The van der Waals surface area contributed by atoms with Crippen LogP contribution in [0.2, 0.25) is 5.02 Å². The zero-order chi connectivity index (χ0) is 15.3. The van der Waals surface area contributed by atoms with Crippen molar-refractivity contribution in [2.24, 2.45) is 0 Å². The molecule has 0 radical (unpaired) electrons. The molecule has 20 heavy (non-hydrogen) atoms. The molecule has 0 amide bonds. The van der Waals surface area contributed by atoms with Gasteiger partial charge in [0.25, 0.3) is 0 Å². The van der Waals surface area contributed by atoms with E-state index < -0.39 is 22.5 Å². The SMILES string of the molecule is C=CCN(CC(=O)O)S(=O)(=O)c1ccc(Cl)c(C#N)c1. The highest BCUT2D eigenvalue weighted by Gasteiger charge is 2.26. The minimum Gasteiger partial charge on any atom is -0.480 e. The first-order chi connectivity index (χ1) is 9.32. The van der Waals surface area contributed by atoms with Gasteiger partial charge in [0.05, 0.1) is 15.5 Å². The van der Waals surface area contributed by atoms with Crippen molar-refractivity contribution in [1.82, 2.24) is 4.31 Å². The number of hydrogen-bond acceptors (Lipinski definition) is 4. The first-order valence-corrected chi connectivity index (χ1v) is 7.17. The van der Waals surface area contributed by atoms with Crippen molar-refractivity contribution in [2.75, 3.05) is 13.1 Å². The fourth-order valence-corrected chi connectivity index (χ4v) is 2.99. The van der Waals surface area contributed by atoms with Gasteiger partial charge in [-0.25, -0.2) is 8.42 Å². The number of hydrogen-bond donors (Lipinski definition) is 1. The van der Waals surface area contributed by atoms with Gasteiger partial charge in [-0.3, -0.25) is 4.79 Å². The fourth-order valence-electron chi connectivity index (χ4n) is 1.44. The van der Waals surface area contributed by atoms with E-state index in [1.54, 1.807) is 6.07 Å². The quantitative estimate of drug-likeness (QED) is 0.802. The number of nitrogens with zero attached hydrogens (tertiary/aromatic N) is 2. The molecular weight excluding hydrogens is 304 g/mol. The molecule has 0 aliphatic heterocycles. The van der Waals surface area contributed by atoms with Gasteiger partial charge in [0.2, 0.25) is 10.0 Å². The number of carboxylic acid groups (broad SMARTS) is 1. The maximum atomic E-state index is 12.3. The second kappa shape index (κ2) is 6.52. The van der Waals surface area contributed by atoms with Crippen LogP contribution in [0.15, 0.2) is 35.7 Å². The number of carbonyl (C=O) groups is 1. The average Bonchev–Trinajstić information content (AvgIpc) is 2.38. The summed E-state index contributed by atoms with van der Waals surface area (Å²) in [7, 11) is -4.04. The van der Waals surface area contributed by atoms with Crippen LogP contribution >= 0.6 is 11.6 Å². The van der Waals surface area contributed by atoms with Crippen LogP contribution < -0.4 is 0 Å². The highest BCUT2D eigenvalue weighted by molar-refractivity contribution is 7.89. The molecule has 0 saturated heterocycles. The van der Waals surface area contributed by atoms with Crippen LogP contribution in [0.4, 0.5) is 0 Å². The first kappa shape index (κ1) is 16.2. The lowest BCUT2D eigenvalue weighted by Crippen LogP contribution is -2.35. The molecule has 0 aliphatic rings. The number of aliphatic carboxylic acids is 1. The largest absolute Gasteiger partial charge is 0.480 e. The molecule has 0 aliphatic carbocycles. The summed E-state index contributed by atoms with van der Waals surface area (Å²) in [5.41, 5.74) is 0.00150. The molecule has 0 aromatic heterocycles. The van der Waals surface area contributed by atoms with Crippen molar-refractivity contribution in [1.29, 1.82) is 5.26 Å². The van der Waals surface area contributed by atoms with Crippen LogP contribution in [0.1, 0.15) is 5.56 Å². The third kappa shape index (κ3) is 3.57. The Balaban J connectivity index is 3.29. The highest BCUT2D eigenvalue weighted by atomic mass is 35.5. The normalized spacial score (nSPS) is 11.1. The van der Waals surface area contributed by atoms with E-state index in [0.717, 1.165) is 10.4 Å². The fraction of sp³-hybridized carbons (Fsp3) is 0.167. The van der Waals surface area contributed by atoms with Gasteiger partial charge in [0.15, 0.2) is 0 Å². The van der Waals surface area contributed by atoms with Crippen LogP contribution in [0.3, 0.4) is 0 Å². The molecule has 8 heteroatoms. The Bertz CT molecular complexity index is 679. The third-order valence-corrected chi connectivity index (χ3v) is 4.48. The van der Waals surface area contributed by atoms with Gasteiger partial charge in [0, 0.05) is 6.54 Å². The number of benzene rings is 1. The molecule has 0 atom stereocenters. The van der Waals surface area contributed by atoms with Crippen LogP contribution in [-0.2, 0) is 14.8 Å². The van der Waals surface area contributed by atoms with Gasteiger partial charge < -0.3 is 5.11 Å². The van der Waals surface area contributed by atoms with Gasteiger partial charge in [-0.2, -0.15) is 9.57 Å². The summed E-state index contributed by atoms with van der Waals surface area (Å²) in [6.07, 6.45) is 1.28. The molecule has 0 unspecified atom stereocenters. The van der Waals surface area contributed by atoms with E-state index in [1.807, 2.05) is 0 Å². The molecule has 0 fully saturated rings. The van der Waals surface area contributed by atoms with Crippen LogP contribution in [0, 0.1) is 11.3 Å². The summed E-state index contributed by atoms with van der Waals surface area (Å²) in [5, 5.41) is 17.7. The molecule has 1 aromatic rings. The Kier molecular flexibility index (Phi) is 5.27. The van der Waals surface area contributed by atoms with Crippen molar-refractivity contribution < 1.29 is 18.3 Å². The molecular formula is C12H11ClN2O4S. The molecule has 0 saturated carbocycles. The maximum Gasteiger partial charge on any atom is 0.318 e. The molecule has 6 nitrogen and oxygen atoms in total. The van der Waals surface area contributed by atoms with Gasteiger partial charge in [-0.1, -0.05) is 17.7 Å². The van der Waals surface area contributed by atoms with E-state index >= 15 is 0 Å². The zero-order valence-corrected chi connectivity index (χ0v) is 11.9. The van der Waals surface area contributed by atoms with Crippen molar-refractivity contribution in [3.63, 3.8) is 0 Å². The van der Waals surface area contributed by atoms with E-state index in [2.05, 4.69) is 6.58 Å². The lowest BCUT2D eigenvalue weighted by molar-refractivity contribution is -0.137. The summed E-state index contributed by atoms with van der Waals surface area (Å²) >= 11 is 5.73. The van der Waals surface area contributed by atoms with Gasteiger partial charge in [-0.15, -0.1) is 6.58 Å². The number of halogens is 1. The van der Waals surface area contributed by atoms with Crippen molar-refractivity contribution in [3.8, 4) is 6.07 Å². The molecule has 1 rings (SSSR count). The summed E-state index contributed by atoms with van der Waals surface area (Å²) in [5.74, 6) is -1.29. The predicted molar refractivity (Wildman–Crippen MR) is 72.8 cm³/mol. The Morgan fingerprint density at radius 1 is 1.55 bits per heavy atom. The van der Waals surface area contributed by atoms with Crippen LogP contribution in [0.5, 0.6) is 0 Å². The average molecular weight is 315 g/mol. The smallest absolute Gasteiger partial charge is 0.318 e. The van der Waals surface area contributed by atoms with Crippen molar-refractivity contribution in [2.45, 2.75) is 4.90 Å². The third-order valence-electron chi connectivity index (χ3n) is 2.34. The van der Waals surface area contributed by atoms with E-state index in [0.29, 0.717) is 0 Å². The number of sulfonamides is 1. The van der Waals surface area contributed by atoms with E-state index in [4.69, 9.17) is 22.0 Å². The Morgan fingerprint density at radius 3 is 2.70 bits per heavy atom. The first-order valence-electron chi connectivity index (χ1n) is 5.35. The lowest BCUT2D eigenvalue weighted by Gasteiger charge is -2.18. The molecule has 0 spiro atoms.